The molecule has 0 radical (unpaired) electrons. The van der Waals surface area contributed by atoms with E-state index in [1.54, 1.807) is 0 Å². The van der Waals surface area contributed by atoms with Crippen molar-refractivity contribution in [1.29, 1.82) is 0 Å². The van der Waals surface area contributed by atoms with Gasteiger partial charge < -0.3 is 9.64 Å². The van der Waals surface area contributed by atoms with Gasteiger partial charge in [0, 0.05) is 41.5 Å². The molecule has 3 nitrogen and oxygen atoms in total. The molecule has 4 rings (SSSR count). The number of para-hydroxylation sites is 2. The predicted molar refractivity (Wildman–Crippen MR) is 104 cm³/mol. The first-order valence-electron chi connectivity index (χ1n) is 8.88. The van der Waals surface area contributed by atoms with Crippen LogP contribution in [-0.4, -0.2) is 13.0 Å². The zero-order valence-corrected chi connectivity index (χ0v) is 15.0. The maximum Gasteiger partial charge on any atom is 0.307 e. The van der Waals surface area contributed by atoms with Crippen molar-refractivity contribution >= 4 is 17.3 Å². The van der Waals surface area contributed by atoms with Crippen LogP contribution in [0.25, 0.3) is 0 Å². The number of hydrogen-bond donors (Lipinski definition) is 0. The number of carbonyl (C=O) groups excluding carboxylic acids is 1. The fourth-order valence-corrected chi connectivity index (χ4v) is 3.80. The van der Waals surface area contributed by atoms with Crippen LogP contribution < -0.4 is 4.90 Å². The van der Waals surface area contributed by atoms with E-state index in [-0.39, 0.29) is 5.97 Å². The van der Waals surface area contributed by atoms with Gasteiger partial charge in [0.05, 0.1) is 0 Å². The van der Waals surface area contributed by atoms with Crippen molar-refractivity contribution in [2.75, 3.05) is 11.9 Å². The van der Waals surface area contributed by atoms with Gasteiger partial charge in [-0.3, -0.25) is 4.79 Å². The fraction of sp³-hybridized carbons (Fsp3) is 0.174. The second-order valence-electron chi connectivity index (χ2n) is 6.47. The molecule has 3 heteroatoms. The molecule has 1 aliphatic rings. The molecular weight excluding hydrogens is 322 g/mol. The summed E-state index contributed by atoms with van der Waals surface area (Å²) in [6.45, 7) is 1.83. The second-order valence-corrected chi connectivity index (χ2v) is 6.47. The Kier molecular flexibility index (Phi) is 4.00. The van der Waals surface area contributed by atoms with Gasteiger partial charge >= 0.3 is 5.97 Å². The number of nitrogens with zero attached hydrogens (tertiary/aromatic N) is 1. The standard InChI is InChI=1S/C23H21NO2/c1-3-22(25)26-23(17-11-5-4-6-12-17)18-13-7-9-15-20(18)24(2)21-16-10-8-14-19(21)23/h4-16H,3H2,1-2H3. The van der Waals surface area contributed by atoms with Crippen LogP contribution in [0.2, 0.25) is 0 Å². The smallest absolute Gasteiger partial charge is 0.307 e. The highest BCUT2D eigenvalue weighted by molar-refractivity contribution is 5.81. The molecule has 0 unspecified atom stereocenters. The van der Waals surface area contributed by atoms with Gasteiger partial charge in [-0.05, 0) is 12.1 Å². The van der Waals surface area contributed by atoms with Crippen LogP contribution in [0.4, 0.5) is 11.4 Å². The molecule has 1 aliphatic heterocycles. The third-order valence-corrected chi connectivity index (χ3v) is 5.03. The molecule has 0 amide bonds. The first-order valence-corrected chi connectivity index (χ1v) is 8.88. The van der Waals surface area contributed by atoms with Gasteiger partial charge in [0.25, 0.3) is 0 Å². The highest BCUT2D eigenvalue weighted by Gasteiger charge is 2.47. The molecule has 0 aliphatic carbocycles. The van der Waals surface area contributed by atoms with Crippen LogP contribution >= 0.6 is 0 Å². The first-order chi connectivity index (χ1) is 12.7. The van der Waals surface area contributed by atoms with Crippen molar-refractivity contribution in [2.45, 2.75) is 18.9 Å². The van der Waals surface area contributed by atoms with Gasteiger partial charge in [-0.2, -0.15) is 0 Å². The number of ether oxygens (including phenoxy) is 1. The Hall–Kier alpha value is -3.07. The molecule has 0 atom stereocenters. The summed E-state index contributed by atoms with van der Waals surface area (Å²) in [6.07, 6.45) is 0.328. The lowest BCUT2D eigenvalue weighted by atomic mass is 9.76. The predicted octanol–water partition coefficient (Wildman–Crippen LogP) is 5.01. The van der Waals surface area contributed by atoms with Crippen LogP contribution in [0.15, 0.2) is 78.9 Å². The molecule has 0 saturated heterocycles. The number of benzene rings is 3. The van der Waals surface area contributed by atoms with E-state index in [0.29, 0.717) is 6.42 Å². The average molecular weight is 343 g/mol. The molecule has 0 aromatic heterocycles. The largest absolute Gasteiger partial charge is 0.444 e. The van der Waals surface area contributed by atoms with Gasteiger partial charge in [0.15, 0.2) is 5.60 Å². The lowest BCUT2D eigenvalue weighted by Gasteiger charge is -2.43. The number of esters is 1. The Balaban J connectivity index is 2.10. The van der Waals surface area contributed by atoms with Crippen LogP contribution in [0.3, 0.4) is 0 Å². The van der Waals surface area contributed by atoms with Gasteiger partial charge in [0.1, 0.15) is 0 Å². The Morgan fingerprint density at radius 1 is 0.846 bits per heavy atom. The summed E-state index contributed by atoms with van der Waals surface area (Å²) in [4.78, 5) is 14.7. The molecule has 130 valence electrons. The SMILES string of the molecule is CCC(=O)OC1(c2ccccc2)c2ccccc2N(C)c2ccccc21. The quantitative estimate of drug-likeness (QED) is 0.626. The zero-order valence-electron chi connectivity index (χ0n) is 15.0. The molecule has 1 heterocycles. The van der Waals surface area contributed by atoms with Crippen molar-refractivity contribution in [2.24, 2.45) is 0 Å². The monoisotopic (exact) mass is 343 g/mol. The van der Waals surface area contributed by atoms with E-state index in [4.69, 9.17) is 4.74 Å². The zero-order chi connectivity index (χ0) is 18.1. The van der Waals surface area contributed by atoms with E-state index in [1.807, 2.05) is 68.6 Å². The van der Waals surface area contributed by atoms with Crippen molar-refractivity contribution in [3.05, 3.63) is 95.6 Å². The number of rotatable bonds is 3. The molecule has 0 fully saturated rings. The summed E-state index contributed by atoms with van der Waals surface area (Å²) in [5.74, 6) is -0.219. The van der Waals surface area contributed by atoms with Gasteiger partial charge in [-0.15, -0.1) is 0 Å². The number of carbonyl (C=O) groups is 1. The highest BCUT2D eigenvalue weighted by atomic mass is 16.6. The fourth-order valence-electron chi connectivity index (χ4n) is 3.80. The van der Waals surface area contributed by atoms with E-state index in [2.05, 4.69) is 29.2 Å². The Morgan fingerprint density at radius 2 is 1.35 bits per heavy atom. The molecule has 0 bridgehead atoms. The number of fused-ring (bicyclic) bond motifs is 2. The van der Waals surface area contributed by atoms with Crippen molar-refractivity contribution in [1.82, 2.24) is 0 Å². The van der Waals surface area contributed by atoms with E-state index in [1.165, 1.54) is 0 Å². The summed E-state index contributed by atoms with van der Waals surface area (Å²) in [7, 11) is 2.05. The normalized spacial score (nSPS) is 14.3. The van der Waals surface area contributed by atoms with Crippen LogP contribution in [0.5, 0.6) is 0 Å². The number of anilines is 2. The van der Waals surface area contributed by atoms with Crippen molar-refractivity contribution in [3.63, 3.8) is 0 Å². The summed E-state index contributed by atoms with van der Waals surface area (Å²) in [6, 6.07) is 26.3. The minimum Gasteiger partial charge on any atom is -0.444 e. The lowest BCUT2D eigenvalue weighted by molar-refractivity contribution is -0.153. The maximum atomic E-state index is 12.5. The van der Waals surface area contributed by atoms with Crippen LogP contribution in [0, 0.1) is 0 Å². The maximum absolute atomic E-state index is 12.5. The summed E-state index contributed by atoms with van der Waals surface area (Å²) >= 11 is 0. The summed E-state index contributed by atoms with van der Waals surface area (Å²) in [5.41, 5.74) is 4.05. The first kappa shape index (κ1) is 16.4. The summed E-state index contributed by atoms with van der Waals surface area (Å²) < 4.78 is 6.25. The Labute approximate surface area is 153 Å². The number of hydrogen-bond acceptors (Lipinski definition) is 3. The van der Waals surface area contributed by atoms with Crippen molar-refractivity contribution in [3.8, 4) is 0 Å². The van der Waals surface area contributed by atoms with Crippen molar-refractivity contribution < 1.29 is 9.53 Å². The van der Waals surface area contributed by atoms with E-state index in [9.17, 15) is 4.79 Å². The lowest BCUT2D eigenvalue weighted by Crippen LogP contribution is -2.40. The van der Waals surface area contributed by atoms with E-state index >= 15 is 0 Å². The van der Waals surface area contributed by atoms with Crippen LogP contribution in [0.1, 0.15) is 30.0 Å². The molecule has 3 aromatic carbocycles. The second kappa shape index (κ2) is 6.34. The van der Waals surface area contributed by atoms with E-state index < -0.39 is 5.60 Å². The third kappa shape index (κ3) is 2.31. The molecule has 0 N–H and O–H groups in total. The average Bonchev–Trinajstić information content (AvgIpc) is 2.71. The van der Waals surface area contributed by atoms with Gasteiger partial charge in [-0.25, -0.2) is 0 Å². The highest BCUT2D eigenvalue weighted by Crippen LogP contribution is 2.52. The van der Waals surface area contributed by atoms with E-state index in [0.717, 1.165) is 28.1 Å². The van der Waals surface area contributed by atoms with Crippen LogP contribution in [-0.2, 0) is 15.1 Å². The topological polar surface area (TPSA) is 29.5 Å². The molecule has 3 aromatic rings. The van der Waals surface area contributed by atoms with Gasteiger partial charge in [0.2, 0.25) is 0 Å². The Bertz CT molecular complexity index is 902. The molecule has 26 heavy (non-hydrogen) atoms. The summed E-state index contributed by atoms with van der Waals surface area (Å²) in [5, 5.41) is 0. The molecular formula is C23H21NO2. The van der Waals surface area contributed by atoms with Gasteiger partial charge in [-0.1, -0.05) is 73.7 Å². The Morgan fingerprint density at radius 3 is 1.88 bits per heavy atom. The minimum atomic E-state index is -0.950. The molecule has 0 saturated carbocycles. The minimum absolute atomic E-state index is 0.219. The molecule has 0 spiro atoms. The third-order valence-electron chi connectivity index (χ3n) is 5.03.